The lowest BCUT2D eigenvalue weighted by molar-refractivity contribution is -0.137. The Labute approximate surface area is 159 Å². The molecule has 0 aliphatic carbocycles. The molecule has 0 unspecified atom stereocenters. The largest absolute Gasteiger partial charge is 0.417 e. The zero-order valence-corrected chi connectivity index (χ0v) is 15.0. The van der Waals surface area contributed by atoms with Gasteiger partial charge >= 0.3 is 6.18 Å². The van der Waals surface area contributed by atoms with E-state index in [1.165, 1.54) is 12.3 Å². The topological polar surface area (TPSA) is 56.1 Å². The van der Waals surface area contributed by atoms with Crippen molar-refractivity contribution in [1.82, 2.24) is 0 Å². The standard InChI is InChI=1S/C19H15ClF3N3O/c1-2-26(15-6-4-3-5-7-15)12-13(11-24)18(27)25-14-8-9-17(20)16(10-14)19(21,22)23/h3-10,12H,2H2,1H3,(H,25,27)/b13-12-. The summed E-state index contributed by atoms with van der Waals surface area (Å²) in [6, 6.07) is 13.8. The summed E-state index contributed by atoms with van der Waals surface area (Å²) < 4.78 is 38.8. The van der Waals surface area contributed by atoms with E-state index in [2.05, 4.69) is 5.32 Å². The summed E-state index contributed by atoms with van der Waals surface area (Å²) >= 11 is 5.56. The van der Waals surface area contributed by atoms with Gasteiger partial charge in [-0.2, -0.15) is 18.4 Å². The van der Waals surface area contributed by atoms with Gasteiger partial charge in [0.15, 0.2) is 0 Å². The van der Waals surface area contributed by atoms with Crippen molar-refractivity contribution in [2.75, 3.05) is 16.8 Å². The Hall–Kier alpha value is -2.98. The molecule has 0 saturated carbocycles. The molecule has 0 aliphatic rings. The summed E-state index contributed by atoms with van der Waals surface area (Å²) in [4.78, 5) is 14.0. The number of carbonyl (C=O) groups is 1. The molecule has 4 nitrogen and oxygen atoms in total. The molecule has 0 spiro atoms. The van der Waals surface area contributed by atoms with Crippen molar-refractivity contribution >= 4 is 28.9 Å². The first-order valence-electron chi connectivity index (χ1n) is 7.88. The van der Waals surface area contributed by atoms with Crippen LogP contribution in [0.2, 0.25) is 5.02 Å². The monoisotopic (exact) mass is 393 g/mol. The Kier molecular flexibility index (Phi) is 6.48. The number of para-hydroxylation sites is 1. The molecule has 1 N–H and O–H groups in total. The van der Waals surface area contributed by atoms with Gasteiger partial charge < -0.3 is 10.2 Å². The van der Waals surface area contributed by atoms with E-state index in [1.807, 2.05) is 37.3 Å². The molecule has 27 heavy (non-hydrogen) atoms. The number of rotatable bonds is 5. The van der Waals surface area contributed by atoms with Gasteiger partial charge in [0.05, 0.1) is 10.6 Å². The summed E-state index contributed by atoms with van der Waals surface area (Å²) in [5, 5.41) is 11.1. The molecular formula is C19H15ClF3N3O. The summed E-state index contributed by atoms with van der Waals surface area (Å²) in [5.41, 5.74) is -0.653. The number of hydrogen-bond donors (Lipinski definition) is 1. The molecule has 8 heteroatoms. The van der Waals surface area contributed by atoms with Crippen LogP contribution in [0.25, 0.3) is 0 Å². The van der Waals surface area contributed by atoms with Gasteiger partial charge in [0.1, 0.15) is 11.6 Å². The molecule has 0 bridgehead atoms. The van der Waals surface area contributed by atoms with Crippen LogP contribution in [0.3, 0.4) is 0 Å². The lowest BCUT2D eigenvalue weighted by atomic mass is 10.2. The van der Waals surface area contributed by atoms with Crippen molar-refractivity contribution < 1.29 is 18.0 Å². The van der Waals surface area contributed by atoms with Crippen LogP contribution in [0.15, 0.2) is 60.3 Å². The maximum Gasteiger partial charge on any atom is 0.417 e. The second-order valence-corrected chi connectivity index (χ2v) is 5.83. The molecule has 0 saturated heterocycles. The fourth-order valence-corrected chi connectivity index (χ4v) is 2.51. The number of hydrogen-bond acceptors (Lipinski definition) is 3. The van der Waals surface area contributed by atoms with Gasteiger partial charge in [-0.1, -0.05) is 29.8 Å². The van der Waals surface area contributed by atoms with E-state index in [0.29, 0.717) is 6.54 Å². The van der Waals surface area contributed by atoms with E-state index >= 15 is 0 Å². The van der Waals surface area contributed by atoms with Gasteiger partial charge in [0.25, 0.3) is 5.91 Å². The third-order valence-corrected chi connectivity index (χ3v) is 3.94. The van der Waals surface area contributed by atoms with Crippen molar-refractivity contribution in [3.8, 4) is 6.07 Å². The Morgan fingerprint density at radius 2 is 1.93 bits per heavy atom. The number of alkyl halides is 3. The number of anilines is 2. The minimum absolute atomic E-state index is 0.111. The zero-order valence-electron chi connectivity index (χ0n) is 14.2. The number of nitrogens with one attached hydrogen (secondary N) is 1. The predicted octanol–water partition coefficient (Wildman–Crippen LogP) is 5.23. The van der Waals surface area contributed by atoms with Crippen LogP contribution < -0.4 is 10.2 Å². The number of nitrogens with zero attached hydrogens (tertiary/aromatic N) is 2. The summed E-state index contributed by atoms with van der Waals surface area (Å²) in [6.45, 7) is 2.33. The van der Waals surface area contributed by atoms with Crippen molar-refractivity contribution in [3.63, 3.8) is 0 Å². The smallest absolute Gasteiger partial charge is 0.347 e. The molecule has 0 heterocycles. The molecule has 0 aliphatic heterocycles. The van der Waals surface area contributed by atoms with Crippen molar-refractivity contribution in [2.45, 2.75) is 13.1 Å². The van der Waals surface area contributed by atoms with Gasteiger partial charge in [-0.15, -0.1) is 0 Å². The molecule has 0 aromatic heterocycles. The van der Waals surface area contributed by atoms with E-state index in [9.17, 15) is 23.2 Å². The molecular weight excluding hydrogens is 379 g/mol. The first-order chi connectivity index (χ1) is 12.8. The van der Waals surface area contributed by atoms with Crippen molar-refractivity contribution in [1.29, 1.82) is 5.26 Å². The quantitative estimate of drug-likeness (QED) is 0.559. The second-order valence-electron chi connectivity index (χ2n) is 5.42. The highest BCUT2D eigenvalue weighted by Crippen LogP contribution is 2.36. The third kappa shape index (κ3) is 5.25. The number of halogens is 4. The maximum absolute atomic E-state index is 12.9. The molecule has 1 amide bonds. The van der Waals surface area contributed by atoms with Crippen LogP contribution in [0, 0.1) is 11.3 Å². The number of benzene rings is 2. The van der Waals surface area contributed by atoms with Gasteiger partial charge in [-0.05, 0) is 37.3 Å². The average molecular weight is 394 g/mol. The first-order valence-corrected chi connectivity index (χ1v) is 8.25. The van der Waals surface area contributed by atoms with E-state index < -0.39 is 22.7 Å². The van der Waals surface area contributed by atoms with Gasteiger partial charge in [-0.3, -0.25) is 4.79 Å². The van der Waals surface area contributed by atoms with Gasteiger partial charge in [-0.25, -0.2) is 0 Å². The molecule has 2 aromatic rings. The van der Waals surface area contributed by atoms with Crippen LogP contribution in [0.1, 0.15) is 12.5 Å². The second kappa shape index (κ2) is 8.60. The molecule has 0 atom stereocenters. The normalized spacial score (nSPS) is 11.6. The van der Waals surface area contributed by atoms with Crippen molar-refractivity contribution in [3.05, 3.63) is 70.9 Å². The zero-order chi connectivity index (χ0) is 20.0. The Morgan fingerprint density at radius 3 is 2.48 bits per heavy atom. The minimum atomic E-state index is -4.65. The van der Waals surface area contributed by atoms with E-state index in [1.54, 1.807) is 11.0 Å². The molecule has 0 fully saturated rings. The average Bonchev–Trinajstić information content (AvgIpc) is 2.64. The van der Waals surface area contributed by atoms with E-state index in [0.717, 1.165) is 17.8 Å². The maximum atomic E-state index is 12.9. The lowest BCUT2D eigenvalue weighted by Gasteiger charge is -2.19. The highest BCUT2D eigenvalue weighted by Gasteiger charge is 2.33. The molecule has 2 aromatic carbocycles. The number of amides is 1. The van der Waals surface area contributed by atoms with Crippen LogP contribution in [0.5, 0.6) is 0 Å². The van der Waals surface area contributed by atoms with E-state index in [-0.39, 0.29) is 11.3 Å². The van der Waals surface area contributed by atoms with Crippen LogP contribution in [0.4, 0.5) is 24.5 Å². The summed E-state index contributed by atoms with van der Waals surface area (Å²) in [5.74, 6) is -0.817. The molecule has 140 valence electrons. The van der Waals surface area contributed by atoms with Crippen LogP contribution >= 0.6 is 11.6 Å². The fourth-order valence-electron chi connectivity index (χ4n) is 2.28. The van der Waals surface area contributed by atoms with Gasteiger partial charge in [0, 0.05) is 24.1 Å². The third-order valence-electron chi connectivity index (χ3n) is 3.61. The number of nitriles is 1. The predicted molar refractivity (Wildman–Crippen MR) is 98.2 cm³/mol. The number of carbonyl (C=O) groups excluding carboxylic acids is 1. The minimum Gasteiger partial charge on any atom is -0.347 e. The SMILES string of the molecule is CCN(/C=C(/C#N)C(=O)Nc1ccc(Cl)c(C(F)(F)F)c1)c1ccccc1. The van der Waals surface area contributed by atoms with E-state index in [4.69, 9.17) is 11.6 Å². The van der Waals surface area contributed by atoms with Gasteiger partial charge in [0.2, 0.25) is 0 Å². The van der Waals surface area contributed by atoms with Crippen LogP contribution in [-0.4, -0.2) is 12.5 Å². The Bertz CT molecular complexity index is 889. The van der Waals surface area contributed by atoms with Crippen molar-refractivity contribution in [2.24, 2.45) is 0 Å². The lowest BCUT2D eigenvalue weighted by Crippen LogP contribution is -2.20. The summed E-state index contributed by atoms with van der Waals surface area (Å²) in [6.07, 6.45) is -3.30. The van der Waals surface area contributed by atoms with Crippen LogP contribution in [-0.2, 0) is 11.0 Å². The highest BCUT2D eigenvalue weighted by atomic mass is 35.5. The molecule has 0 radical (unpaired) electrons. The first kappa shape index (κ1) is 20.3. The summed E-state index contributed by atoms with van der Waals surface area (Å²) in [7, 11) is 0. The Balaban J connectivity index is 2.26. The Morgan fingerprint density at radius 1 is 1.26 bits per heavy atom. The highest BCUT2D eigenvalue weighted by molar-refractivity contribution is 6.31. The fraction of sp³-hybridized carbons (Fsp3) is 0.158. The molecule has 2 rings (SSSR count).